The monoisotopic (exact) mass is 501 g/mol. The molecule has 186 valence electrons. The molecule has 1 amide bonds. The Kier molecular flexibility index (Phi) is 7.63. The quantitative estimate of drug-likeness (QED) is 0.433. The van der Waals surface area contributed by atoms with Crippen LogP contribution in [0.1, 0.15) is 30.1 Å². The normalized spacial score (nSPS) is 15.0. The Hall–Kier alpha value is -3.48. The van der Waals surface area contributed by atoms with Gasteiger partial charge >= 0.3 is 0 Å². The zero-order chi connectivity index (χ0) is 24.8. The highest BCUT2D eigenvalue weighted by molar-refractivity contribution is 7.89. The number of aromatic amines is 1. The van der Waals surface area contributed by atoms with Gasteiger partial charge in [0, 0.05) is 44.6 Å². The molecule has 1 aromatic carbocycles. The lowest BCUT2D eigenvalue weighted by atomic mass is 10.2. The maximum atomic E-state index is 12.8. The van der Waals surface area contributed by atoms with E-state index in [0.29, 0.717) is 31.3 Å². The first-order valence-electron chi connectivity index (χ1n) is 11.1. The predicted molar refractivity (Wildman–Crippen MR) is 127 cm³/mol. The standard InChI is InChI=1S/C23H27N5O6S/c1-16(15-32-2)33-21-13-17(23(29)25-20-9-10-24-27-20)14-22(26-21)34-18-5-7-19(8-6-18)35(30,31)28-11-3-4-12-28/h5-10,13-14,16H,3-4,11-12,15H2,1-2H3,(H2,24,25,27,29)/t16-/m1/s1. The zero-order valence-corrected chi connectivity index (χ0v) is 20.2. The number of hydrogen-bond donors (Lipinski definition) is 2. The van der Waals surface area contributed by atoms with Crippen molar-refractivity contribution < 1.29 is 27.4 Å². The zero-order valence-electron chi connectivity index (χ0n) is 19.4. The Morgan fingerprint density at radius 2 is 1.86 bits per heavy atom. The number of methoxy groups -OCH3 is 1. The van der Waals surface area contributed by atoms with Crippen molar-refractivity contribution in [2.75, 3.05) is 32.1 Å². The Morgan fingerprint density at radius 1 is 1.14 bits per heavy atom. The molecule has 0 bridgehead atoms. The van der Waals surface area contributed by atoms with Crippen LogP contribution in [0.5, 0.6) is 17.5 Å². The topological polar surface area (TPSA) is 136 Å². The number of ether oxygens (including phenoxy) is 3. The fourth-order valence-corrected chi connectivity index (χ4v) is 5.11. The van der Waals surface area contributed by atoms with Gasteiger partial charge < -0.3 is 19.5 Å². The van der Waals surface area contributed by atoms with Gasteiger partial charge in [-0.15, -0.1) is 0 Å². The number of sulfonamides is 1. The number of carbonyl (C=O) groups is 1. The van der Waals surface area contributed by atoms with E-state index in [9.17, 15) is 13.2 Å². The summed E-state index contributed by atoms with van der Waals surface area (Å²) >= 11 is 0. The van der Waals surface area contributed by atoms with Crippen molar-refractivity contribution in [3.05, 3.63) is 54.2 Å². The Labute approximate surface area is 203 Å². The van der Waals surface area contributed by atoms with Crippen molar-refractivity contribution in [2.24, 2.45) is 0 Å². The molecule has 35 heavy (non-hydrogen) atoms. The lowest BCUT2D eigenvalue weighted by molar-refractivity contribution is 0.0882. The van der Waals surface area contributed by atoms with Crippen LogP contribution in [0.15, 0.2) is 53.6 Å². The van der Waals surface area contributed by atoms with Crippen LogP contribution < -0.4 is 14.8 Å². The number of amides is 1. The summed E-state index contributed by atoms with van der Waals surface area (Å²) in [5.74, 6) is 0.570. The molecular weight excluding hydrogens is 474 g/mol. The first-order chi connectivity index (χ1) is 16.8. The number of anilines is 1. The lowest BCUT2D eigenvalue weighted by Gasteiger charge is -2.16. The summed E-state index contributed by atoms with van der Waals surface area (Å²) < 4.78 is 43.7. The molecule has 1 aliphatic heterocycles. The van der Waals surface area contributed by atoms with Crippen LogP contribution in [0, 0.1) is 0 Å². The van der Waals surface area contributed by atoms with Crippen LogP contribution in [0.3, 0.4) is 0 Å². The van der Waals surface area contributed by atoms with Gasteiger partial charge in [0.05, 0.1) is 17.1 Å². The number of hydrogen-bond acceptors (Lipinski definition) is 8. The third-order valence-electron chi connectivity index (χ3n) is 5.26. The number of aromatic nitrogens is 3. The van der Waals surface area contributed by atoms with E-state index in [1.165, 1.54) is 28.6 Å². The number of nitrogens with zero attached hydrogens (tertiary/aromatic N) is 3. The van der Waals surface area contributed by atoms with Gasteiger partial charge in [-0.05, 0) is 44.0 Å². The number of benzene rings is 1. The minimum absolute atomic E-state index is 0.106. The van der Waals surface area contributed by atoms with Crippen molar-refractivity contribution in [1.29, 1.82) is 0 Å². The predicted octanol–water partition coefficient (Wildman–Crippen LogP) is 3.05. The molecule has 0 unspecified atom stereocenters. The maximum absolute atomic E-state index is 12.8. The molecule has 1 atom stereocenters. The molecule has 1 aliphatic rings. The van der Waals surface area contributed by atoms with Crippen molar-refractivity contribution in [2.45, 2.75) is 30.8 Å². The fraction of sp³-hybridized carbons (Fsp3) is 0.348. The van der Waals surface area contributed by atoms with Crippen LogP contribution in [-0.2, 0) is 14.8 Å². The van der Waals surface area contributed by atoms with Gasteiger partial charge in [0.1, 0.15) is 11.9 Å². The maximum Gasteiger partial charge on any atom is 0.257 e. The number of H-pyrrole nitrogens is 1. The van der Waals surface area contributed by atoms with Gasteiger partial charge in [0.15, 0.2) is 5.82 Å². The van der Waals surface area contributed by atoms with E-state index in [4.69, 9.17) is 14.2 Å². The SMILES string of the molecule is COC[C@@H](C)Oc1cc(C(=O)Nc2cc[nH]n2)cc(Oc2ccc(S(=O)(=O)N3CCCC3)cc2)n1. The molecule has 3 aromatic rings. The van der Waals surface area contributed by atoms with E-state index in [-0.39, 0.29) is 28.3 Å². The van der Waals surface area contributed by atoms with Crippen LogP contribution >= 0.6 is 0 Å². The van der Waals surface area contributed by atoms with E-state index in [1.807, 2.05) is 6.92 Å². The highest BCUT2D eigenvalue weighted by atomic mass is 32.2. The summed E-state index contributed by atoms with van der Waals surface area (Å²) in [7, 11) is -1.97. The van der Waals surface area contributed by atoms with Gasteiger partial charge in [-0.1, -0.05) is 0 Å². The molecule has 0 saturated carbocycles. The lowest BCUT2D eigenvalue weighted by Crippen LogP contribution is -2.27. The molecular formula is C23H27N5O6S. The minimum atomic E-state index is -3.53. The molecule has 0 radical (unpaired) electrons. The number of pyridine rings is 1. The second-order valence-corrected chi connectivity index (χ2v) is 9.95. The van der Waals surface area contributed by atoms with Crippen molar-refractivity contribution in [1.82, 2.24) is 19.5 Å². The summed E-state index contributed by atoms with van der Waals surface area (Å²) in [6.45, 7) is 3.19. The van der Waals surface area contributed by atoms with Gasteiger partial charge in [-0.2, -0.15) is 14.4 Å². The highest BCUT2D eigenvalue weighted by Crippen LogP contribution is 2.27. The van der Waals surface area contributed by atoms with Crippen LogP contribution in [-0.4, -0.2) is 66.7 Å². The average Bonchev–Trinajstić information content (AvgIpc) is 3.54. The van der Waals surface area contributed by atoms with Gasteiger partial charge in [-0.3, -0.25) is 9.89 Å². The van der Waals surface area contributed by atoms with E-state index in [1.54, 1.807) is 31.5 Å². The molecule has 12 heteroatoms. The van der Waals surface area contributed by atoms with Gasteiger partial charge in [0.2, 0.25) is 21.8 Å². The third kappa shape index (κ3) is 6.15. The number of rotatable bonds is 10. The van der Waals surface area contributed by atoms with E-state index in [0.717, 1.165) is 12.8 Å². The fourth-order valence-electron chi connectivity index (χ4n) is 3.60. The van der Waals surface area contributed by atoms with Crippen molar-refractivity contribution in [3.63, 3.8) is 0 Å². The molecule has 2 N–H and O–H groups in total. The van der Waals surface area contributed by atoms with E-state index >= 15 is 0 Å². The Morgan fingerprint density at radius 3 is 2.51 bits per heavy atom. The molecule has 3 heterocycles. The smallest absolute Gasteiger partial charge is 0.257 e. The molecule has 1 fully saturated rings. The summed E-state index contributed by atoms with van der Waals surface area (Å²) in [6, 6.07) is 10.7. The number of carbonyl (C=O) groups excluding carboxylic acids is 1. The highest BCUT2D eigenvalue weighted by Gasteiger charge is 2.27. The average molecular weight is 502 g/mol. The minimum Gasteiger partial charge on any atom is -0.472 e. The molecule has 4 rings (SSSR count). The second-order valence-electron chi connectivity index (χ2n) is 8.01. The summed E-state index contributed by atoms with van der Waals surface area (Å²) in [4.78, 5) is 17.3. The Balaban J connectivity index is 1.55. The first kappa shape index (κ1) is 24.6. The van der Waals surface area contributed by atoms with Gasteiger partial charge in [0.25, 0.3) is 5.91 Å². The first-order valence-corrected chi connectivity index (χ1v) is 12.6. The number of nitrogens with one attached hydrogen (secondary N) is 2. The summed E-state index contributed by atoms with van der Waals surface area (Å²) in [5, 5.41) is 9.22. The molecule has 0 spiro atoms. The molecule has 11 nitrogen and oxygen atoms in total. The van der Waals surface area contributed by atoms with Crippen molar-refractivity contribution >= 4 is 21.7 Å². The summed E-state index contributed by atoms with van der Waals surface area (Å²) in [5.41, 5.74) is 0.242. The van der Waals surface area contributed by atoms with Crippen LogP contribution in [0.25, 0.3) is 0 Å². The summed E-state index contributed by atoms with van der Waals surface area (Å²) in [6.07, 6.45) is 3.00. The molecule has 2 aromatic heterocycles. The second kappa shape index (κ2) is 10.8. The Bertz CT molecular complexity index is 1240. The molecule has 1 saturated heterocycles. The van der Waals surface area contributed by atoms with E-state index in [2.05, 4.69) is 20.5 Å². The molecule has 0 aliphatic carbocycles. The van der Waals surface area contributed by atoms with Crippen LogP contribution in [0.2, 0.25) is 0 Å². The van der Waals surface area contributed by atoms with Crippen LogP contribution in [0.4, 0.5) is 5.82 Å². The van der Waals surface area contributed by atoms with Gasteiger partial charge in [-0.25, -0.2) is 8.42 Å². The third-order valence-corrected chi connectivity index (χ3v) is 7.17. The largest absolute Gasteiger partial charge is 0.472 e. The van der Waals surface area contributed by atoms with E-state index < -0.39 is 15.9 Å². The van der Waals surface area contributed by atoms with Crippen molar-refractivity contribution in [3.8, 4) is 17.5 Å².